The Kier molecular flexibility index (Phi) is 8.44. The molecule has 1 aliphatic heterocycles. The van der Waals surface area contributed by atoms with Crippen molar-refractivity contribution >= 4 is 11.9 Å². The van der Waals surface area contributed by atoms with Gasteiger partial charge in [-0.05, 0) is 66.7 Å². The molecule has 6 heteroatoms. The van der Waals surface area contributed by atoms with E-state index in [0.29, 0.717) is 18.2 Å². The topological polar surface area (TPSA) is 79.7 Å². The van der Waals surface area contributed by atoms with Crippen LogP contribution in [0.25, 0.3) is 11.3 Å². The molecule has 0 amide bonds. The van der Waals surface area contributed by atoms with Gasteiger partial charge in [0.15, 0.2) is 0 Å². The molecule has 1 aromatic heterocycles. The molecule has 5 rings (SSSR count). The van der Waals surface area contributed by atoms with Gasteiger partial charge in [-0.25, -0.2) is 4.79 Å². The van der Waals surface area contributed by atoms with Gasteiger partial charge in [-0.1, -0.05) is 78.9 Å². The van der Waals surface area contributed by atoms with E-state index in [2.05, 4.69) is 34.1 Å². The van der Waals surface area contributed by atoms with Crippen molar-refractivity contribution in [1.82, 2.24) is 9.88 Å². The van der Waals surface area contributed by atoms with Gasteiger partial charge in [0.05, 0.1) is 17.9 Å². The fourth-order valence-corrected chi connectivity index (χ4v) is 5.15. The third-order valence-electron chi connectivity index (χ3n) is 7.31. The number of benzene rings is 3. The van der Waals surface area contributed by atoms with E-state index in [0.717, 1.165) is 49.2 Å². The lowest BCUT2D eigenvalue weighted by molar-refractivity contribution is -0.146. The predicted octanol–water partition coefficient (Wildman–Crippen LogP) is 6.03. The number of aromatic nitrogens is 1. The highest BCUT2D eigenvalue weighted by molar-refractivity contribution is 5.89. The molecule has 1 unspecified atom stereocenters. The number of carbonyl (C=O) groups is 2. The van der Waals surface area contributed by atoms with Crippen LogP contribution in [-0.4, -0.2) is 46.6 Å². The molecule has 0 spiro atoms. The van der Waals surface area contributed by atoms with E-state index in [1.165, 1.54) is 17.8 Å². The number of hydrogen-bond acceptors (Lipinski definition) is 5. The van der Waals surface area contributed by atoms with Crippen LogP contribution in [0.3, 0.4) is 0 Å². The summed E-state index contributed by atoms with van der Waals surface area (Å²) in [5.41, 5.74) is 4.40. The number of hydrogen-bond donors (Lipinski definition) is 1. The number of carbonyl (C=O) groups excluding carboxylic acids is 1. The summed E-state index contributed by atoms with van der Waals surface area (Å²) in [7, 11) is 0. The fourth-order valence-electron chi connectivity index (χ4n) is 5.15. The lowest BCUT2D eigenvalue weighted by Crippen LogP contribution is -2.35. The molecule has 2 heterocycles. The van der Waals surface area contributed by atoms with Crippen molar-refractivity contribution < 1.29 is 19.4 Å². The third-order valence-corrected chi connectivity index (χ3v) is 7.31. The summed E-state index contributed by atoms with van der Waals surface area (Å²) >= 11 is 0. The van der Waals surface area contributed by atoms with Crippen LogP contribution in [-0.2, 0) is 16.1 Å². The van der Waals surface area contributed by atoms with Gasteiger partial charge in [0.1, 0.15) is 5.92 Å². The summed E-state index contributed by atoms with van der Waals surface area (Å²) < 4.78 is 5.95. The standard InChI is InChI=1S/C33H32N2O4/c36-32(37)29-14-17-34-30(21-29)27-12-7-13-28(20-27)31(26-10-5-2-6-11-26)33(38)39-23-25-15-18-35(19-16-25)22-24-8-3-1-4-9-24/h1-14,17,20-21,25,31H,15-16,18-19,22-23H2,(H,36,37). The summed E-state index contributed by atoms with van der Waals surface area (Å²) in [6.07, 6.45) is 3.48. The minimum absolute atomic E-state index is 0.166. The first-order chi connectivity index (χ1) is 19.1. The second-order valence-corrected chi connectivity index (χ2v) is 10.0. The van der Waals surface area contributed by atoms with Crippen molar-refractivity contribution in [2.24, 2.45) is 5.92 Å². The smallest absolute Gasteiger partial charge is 0.335 e. The number of likely N-dealkylation sites (tertiary alicyclic amines) is 1. The van der Waals surface area contributed by atoms with E-state index in [1.807, 2.05) is 60.7 Å². The number of carboxylic acid groups (broad SMARTS) is 1. The summed E-state index contributed by atoms with van der Waals surface area (Å²) in [5, 5.41) is 9.38. The third kappa shape index (κ3) is 6.78. The van der Waals surface area contributed by atoms with Gasteiger partial charge in [-0.15, -0.1) is 0 Å². The van der Waals surface area contributed by atoms with Crippen LogP contribution >= 0.6 is 0 Å². The number of aromatic carboxylic acids is 1. The molecule has 0 saturated carbocycles. The first-order valence-electron chi connectivity index (χ1n) is 13.3. The van der Waals surface area contributed by atoms with Crippen LogP contribution in [0.2, 0.25) is 0 Å². The largest absolute Gasteiger partial charge is 0.478 e. The van der Waals surface area contributed by atoms with Gasteiger partial charge in [0, 0.05) is 18.3 Å². The lowest BCUT2D eigenvalue weighted by atomic mass is 9.89. The molecule has 6 nitrogen and oxygen atoms in total. The Hall–Kier alpha value is -4.29. The summed E-state index contributed by atoms with van der Waals surface area (Å²) in [6, 6.07) is 30.7. The molecule has 0 bridgehead atoms. The molecule has 0 aliphatic carbocycles. The van der Waals surface area contributed by atoms with Crippen LogP contribution < -0.4 is 0 Å². The van der Waals surface area contributed by atoms with E-state index >= 15 is 0 Å². The van der Waals surface area contributed by atoms with Crippen molar-refractivity contribution in [3.8, 4) is 11.3 Å². The quantitative estimate of drug-likeness (QED) is 0.271. The van der Waals surface area contributed by atoms with Gasteiger partial charge in [0.25, 0.3) is 0 Å². The Bertz CT molecular complexity index is 1400. The zero-order chi connectivity index (χ0) is 27.0. The normalized spacial score (nSPS) is 15.0. The van der Waals surface area contributed by atoms with Crippen LogP contribution in [0.5, 0.6) is 0 Å². The molecule has 39 heavy (non-hydrogen) atoms. The van der Waals surface area contributed by atoms with Crippen molar-refractivity contribution in [3.63, 3.8) is 0 Å². The highest BCUT2D eigenvalue weighted by atomic mass is 16.5. The van der Waals surface area contributed by atoms with Gasteiger partial charge in [0.2, 0.25) is 0 Å². The number of nitrogens with zero attached hydrogens (tertiary/aromatic N) is 2. The maximum atomic E-state index is 13.6. The van der Waals surface area contributed by atoms with Gasteiger partial charge in [-0.2, -0.15) is 0 Å². The first kappa shape index (κ1) is 26.3. The fraction of sp³-hybridized carbons (Fsp3) is 0.242. The van der Waals surface area contributed by atoms with Crippen LogP contribution in [0.15, 0.2) is 103 Å². The van der Waals surface area contributed by atoms with Crippen LogP contribution in [0.4, 0.5) is 0 Å². The molecule has 4 aromatic rings. The van der Waals surface area contributed by atoms with E-state index in [1.54, 1.807) is 6.07 Å². The van der Waals surface area contributed by atoms with Crippen molar-refractivity contribution in [2.75, 3.05) is 19.7 Å². The molecule has 1 fully saturated rings. The highest BCUT2D eigenvalue weighted by Gasteiger charge is 2.27. The summed E-state index contributed by atoms with van der Waals surface area (Å²) in [4.78, 5) is 31.8. The summed E-state index contributed by atoms with van der Waals surface area (Å²) in [5.74, 6) is -1.54. The molecule has 198 valence electrons. The molecular weight excluding hydrogens is 488 g/mol. The van der Waals surface area contributed by atoms with Crippen LogP contribution in [0.1, 0.15) is 45.8 Å². The average Bonchev–Trinajstić information content (AvgIpc) is 2.98. The van der Waals surface area contributed by atoms with E-state index in [9.17, 15) is 14.7 Å². The molecule has 1 saturated heterocycles. The van der Waals surface area contributed by atoms with E-state index in [4.69, 9.17) is 4.74 Å². The number of esters is 1. The molecule has 3 aromatic carbocycles. The Balaban J connectivity index is 1.28. The highest BCUT2D eigenvalue weighted by Crippen LogP contribution is 2.30. The van der Waals surface area contributed by atoms with Gasteiger partial charge < -0.3 is 9.84 Å². The van der Waals surface area contributed by atoms with E-state index in [-0.39, 0.29) is 11.5 Å². The Morgan fingerprint density at radius 2 is 1.56 bits per heavy atom. The zero-order valence-electron chi connectivity index (χ0n) is 21.8. The molecule has 1 atom stereocenters. The molecule has 1 N–H and O–H groups in total. The Morgan fingerprint density at radius 1 is 0.872 bits per heavy atom. The first-order valence-corrected chi connectivity index (χ1v) is 13.3. The molecule has 0 radical (unpaired) electrons. The summed E-state index contributed by atoms with van der Waals surface area (Å²) in [6.45, 7) is 3.33. The SMILES string of the molecule is O=C(O)c1ccnc(-c2cccc(C(C(=O)OCC3CCN(Cc4ccccc4)CC3)c3ccccc3)c2)c1. The number of piperidine rings is 1. The number of ether oxygens (including phenoxy) is 1. The minimum atomic E-state index is -1.01. The molecule has 1 aliphatic rings. The number of pyridine rings is 1. The van der Waals surface area contributed by atoms with Crippen LogP contribution in [0, 0.1) is 5.92 Å². The molecular formula is C33H32N2O4. The minimum Gasteiger partial charge on any atom is -0.478 e. The van der Waals surface area contributed by atoms with Crippen molar-refractivity contribution in [2.45, 2.75) is 25.3 Å². The Labute approximate surface area is 228 Å². The van der Waals surface area contributed by atoms with E-state index < -0.39 is 11.9 Å². The van der Waals surface area contributed by atoms with Gasteiger partial charge in [-0.3, -0.25) is 14.7 Å². The average molecular weight is 521 g/mol. The number of carboxylic acids is 1. The number of rotatable bonds is 9. The van der Waals surface area contributed by atoms with Crippen molar-refractivity contribution in [1.29, 1.82) is 0 Å². The lowest BCUT2D eigenvalue weighted by Gasteiger charge is -2.32. The zero-order valence-corrected chi connectivity index (χ0v) is 21.8. The maximum Gasteiger partial charge on any atom is 0.335 e. The van der Waals surface area contributed by atoms with Gasteiger partial charge >= 0.3 is 11.9 Å². The Morgan fingerprint density at radius 3 is 2.28 bits per heavy atom. The second-order valence-electron chi connectivity index (χ2n) is 10.0. The monoisotopic (exact) mass is 520 g/mol. The predicted molar refractivity (Wildman–Crippen MR) is 150 cm³/mol. The second kappa shape index (κ2) is 12.5. The van der Waals surface area contributed by atoms with Crippen molar-refractivity contribution in [3.05, 3.63) is 126 Å². The maximum absolute atomic E-state index is 13.6.